The van der Waals surface area contributed by atoms with E-state index < -0.39 is 5.60 Å². The van der Waals surface area contributed by atoms with Gasteiger partial charge in [-0.05, 0) is 40.5 Å². The summed E-state index contributed by atoms with van der Waals surface area (Å²) in [5, 5.41) is 3.72. The number of carbonyl (C=O) groups is 1. The Morgan fingerprint density at radius 1 is 1.48 bits per heavy atom. The molecule has 2 aliphatic rings. The van der Waals surface area contributed by atoms with Crippen LogP contribution in [0.1, 0.15) is 51.9 Å². The third-order valence-corrected chi connectivity index (χ3v) is 4.87. The highest BCUT2D eigenvalue weighted by molar-refractivity contribution is 5.68. The predicted molar refractivity (Wildman–Crippen MR) is 88.2 cm³/mol. The fraction of sp³-hybridized carbons (Fsp3) is 0.765. The third kappa shape index (κ3) is 2.96. The molecular formula is C17H28N4O2. The number of hydrogen-bond acceptors (Lipinski definition) is 4. The van der Waals surface area contributed by atoms with Crippen molar-refractivity contribution in [3.8, 4) is 0 Å². The first-order valence-electron chi connectivity index (χ1n) is 8.47. The van der Waals surface area contributed by atoms with Crippen LogP contribution < -0.4 is 5.32 Å². The van der Waals surface area contributed by atoms with Crippen molar-refractivity contribution >= 4 is 6.09 Å². The van der Waals surface area contributed by atoms with E-state index in [4.69, 9.17) is 4.74 Å². The van der Waals surface area contributed by atoms with Crippen LogP contribution in [0.15, 0.2) is 6.33 Å². The molecule has 2 atom stereocenters. The number of fused-ring (bicyclic) bond motifs is 2. The fourth-order valence-electron chi connectivity index (χ4n) is 4.00. The quantitative estimate of drug-likeness (QED) is 0.796. The van der Waals surface area contributed by atoms with Crippen molar-refractivity contribution in [3.05, 3.63) is 17.7 Å². The third-order valence-electron chi connectivity index (χ3n) is 4.87. The molecule has 1 saturated heterocycles. The molecule has 1 spiro atoms. The summed E-state index contributed by atoms with van der Waals surface area (Å²) in [6.45, 7) is 9.48. The Bertz CT molecular complexity index is 604. The van der Waals surface area contributed by atoms with Crippen molar-refractivity contribution in [3.63, 3.8) is 0 Å². The molecule has 0 aromatic carbocycles. The molecule has 6 nitrogen and oxygen atoms in total. The summed E-state index contributed by atoms with van der Waals surface area (Å²) in [6, 6.07) is 0.131. The maximum Gasteiger partial charge on any atom is 0.410 e. The van der Waals surface area contributed by atoms with Gasteiger partial charge in [-0.15, -0.1) is 0 Å². The first-order valence-corrected chi connectivity index (χ1v) is 8.47. The zero-order chi connectivity index (χ0) is 16.8. The van der Waals surface area contributed by atoms with Gasteiger partial charge in [0.1, 0.15) is 5.60 Å². The summed E-state index contributed by atoms with van der Waals surface area (Å²) in [5.41, 5.74) is 1.96. The van der Waals surface area contributed by atoms with Gasteiger partial charge in [-0.25, -0.2) is 9.78 Å². The van der Waals surface area contributed by atoms with E-state index in [1.165, 1.54) is 11.4 Å². The summed E-state index contributed by atoms with van der Waals surface area (Å²) in [4.78, 5) is 18.8. The van der Waals surface area contributed by atoms with E-state index in [1.807, 2.05) is 32.0 Å². The van der Waals surface area contributed by atoms with Gasteiger partial charge >= 0.3 is 6.09 Å². The summed E-state index contributed by atoms with van der Waals surface area (Å²) in [6.07, 6.45) is 4.45. The molecule has 1 fully saturated rings. The van der Waals surface area contributed by atoms with Gasteiger partial charge in [-0.1, -0.05) is 0 Å². The van der Waals surface area contributed by atoms with Crippen molar-refractivity contribution < 1.29 is 9.53 Å². The van der Waals surface area contributed by atoms with E-state index >= 15 is 0 Å². The zero-order valence-corrected chi connectivity index (χ0v) is 14.8. The molecule has 0 aliphatic carbocycles. The number of carbonyl (C=O) groups excluding carboxylic acids is 1. The van der Waals surface area contributed by atoms with Crippen LogP contribution in [0, 0.1) is 0 Å². The van der Waals surface area contributed by atoms with Crippen molar-refractivity contribution in [2.75, 3.05) is 13.1 Å². The van der Waals surface area contributed by atoms with Crippen LogP contribution in [0.3, 0.4) is 0 Å². The average molecular weight is 320 g/mol. The molecule has 0 bridgehead atoms. The van der Waals surface area contributed by atoms with Gasteiger partial charge in [0.2, 0.25) is 0 Å². The minimum atomic E-state index is -0.454. The Labute approximate surface area is 138 Å². The largest absolute Gasteiger partial charge is 0.444 e. The van der Waals surface area contributed by atoms with Gasteiger partial charge in [0.05, 0.1) is 23.3 Å². The van der Waals surface area contributed by atoms with Crippen molar-refractivity contribution in [2.24, 2.45) is 7.05 Å². The van der Waals surface area contributed by atoms with E-state index in [2.05, 4.69) is 28.8 Å². The van der Waals surface area contributed by atoms with E-state index in [0.29, 0.717) is 6.54 Å². The highest BCUT2D eigenvalue weighted by Gasteiger charge is 2.45. The topological polar surface area (TPSA) is 59.4 Å². The number of aryl methyl sites for hydroxylation is 1. The second kappa shape index (κ2) is 5.51. The van der Waals surface area contributed by atoms with Crippen LogP contribution in [-0.2, 0) is 23.7 Å². The summed E-state index contributed by atoms with van der Waals surface area (Å²) in [5.74, 6) is 0. The summed E-state index contributed by atoms with van der Waals surface area (Å²) < 4.78 is 7.69. The number of aromatic nitrogens is 2. The average Bonchev–Trinajstić information content (AvgIpc) is 2.80. The molecule has 2 aliphatic heterocycles. The summed E-state index contributed by atoms with van der Waals surface area (Å²) in [7, 11) is 2.06. The Balaban J connectivity index is 1.79. The standard InChI is InChI=1S/C17H28N4O2/c1-12-10-17(7-9-21(12)15(22)23-16(2,3)4)14-13(6-8-19-17)18-11-20(14)5/h11-12,19H,6-10H2,1-5H3. The lowest BCUT2D eigenvalue weighted by Gasteiger charge is -2.48. The molecule has 3 rings (SSSR count). The minimum absolute atomic E-state index is 0.0727. The molecular weight excluding hydrogens is 292 g/mol. The van der Waals surface area contributed by atoms with Gasteiger partial charge in [0.25, 0.3) is 0 Å². The van der Waals surface area contributed by atoms with Crippen LogP contribution in [0.2, 0.25) is 0 Å². The molecule has 0 radical (unpaired) electrons. The minimum Gasteiger partial charge on any atom is -0.444 e. The number of ether oxygens (including phenoxy) is 1. The Hall–Kier alpha value is -1.56. The molecule has 0 saturated carbocycles. The highest BCUT2D eigenvalue weighted by atomic mass is 16.6. The zero-order valence-electron chi connectivity index (χ0n) is 14.8. The van der Waals surface area contributed by atoms with Crippen LogP contribution in [0.4, 0.5) is 4.79 Å². The van der Waals surface area contributed by atoms with Gasteiger partial charge in [-0.3, -0.25) is 0 Å². The first kappa shape index (κ1) is 16.3. The van der Waals surface area contributed by atoms with Crippen LogP contribution in [-0.4, -0.2) is 45.3 Å². The lowest BCUT2D eigenvalue weighted by molar-refractivity contribution is -0.000337. The monoisotopic (exact) mass is 320 g/mol. The molecule has 23 heavy (non-hydrogen) atoms. The summed E-state index contributed by atoms with van der Waals surface area (Å²) >= 11 is 0. The van der Waals surface area contributed by atoms with Gasteiger partial charge in [0.15, 0.2) is 0 Å². The Morgan fingerprint density at radius 3 is 2.87 bits per heavy atom. The first-order chi connectivity index (χ1) is 10.7. The normalized spacial score (nSPS) is 27.9. The van der Waals surface area contributed by atoms with E-state index in [0.717, 1.165) is 25.8 Å². The van der Waals surface area contributed by atoms with Crippen LogP contribution in [0.5, 0.6) is 0 Å². The number of nitrogens with one attached hydrogen (secondary N) is 1. The molecule has 6 heteroatoms. The van der Waals surface area contributed by atoms with E-state index in [1.54, 1.807) is 0 Å². The smallest absolute Gasteiger partial charge is 0.410 e. The molecule has 1 N–H and O–H groups in total. The number of likely N-dealkylation sites (tertiary alicyclic amines) is 1. The number of amides is 1. The van der Waals surface area contributed by atoms with Crippen molar-refractivity contribution in [1.29, 1.82) is 0 Å². The van der Waals surface area contributed by atoms with Gasteiger partial charge < -0.3 is 19.5 Å². The van der Waals surface area contributed by atoms with Crippen LogP contribution in [0.25, 0.3) is 0 Å². The number of imidazole rings is 1. The molecule has 128 valence electrons. The molecule has 1 aromatic heterocycles. The lowest BCUT2D eigenvalue weighted by atomic mass is 9.78. The molecule has 3 heterocycles. The number of piperidine rings is 1. The Morgan fingerprint density at radius 2 is 2.22 bits per heavy atom. The number of hydrogen-bond donors (Lipinski definition) is 1. The van der Waals surface area contributed by atoms with Crippen LogP contribution >= 0.6 is 0 Å². The predicted octanol–water partition coefficient (Wildman–Crippen LogP) is 2.18. The maximum atomic E-state index is 12.4. The van der Waals surface area contributed by atoms with E-state index in [9.17, 15) is 4.79 Å². The maximum absolute atomic E-state index is 12.4. The van der Waals surface area contributed by atoms with E-state index in [-0.39, 0.29) is 17.7 Å². The second-order valence-corrected chi connectivity index (χ2v) is 7.89. The molecule has 2 unspecified atom stereocenters. The van der Waals surface area contributed by atoms with Gasteiger partial charge in [-0.2, -0.15) is 0 Å². The fourth-order valence-corrected chi connectivity index (χ4v) is 4.00. The Kier molecular flexibility index (Phi) is 3.91. The number of nitrogens with zero attached hydrogens (tertiary/aromatic N) is 3. The van der Waals surface area contributed by atoms with Crippen molar-refractivity contribution in [2.45, 2.75) is 64.1 Å². The molecule has 1 amide bonds. The lowest BCUT2D eigenvalue weighted by Crippen LogP contribution is -2.59. The second-order valence-electron chi connectivity index (χ2n) is 7.89. The molecule has 1 aromatic rings. The SMILES string of the molecule is CC1CC2(CCN1C(=O)OC(C)(C)C)NCCc1ncn(C)c12. The van der Waals surface area contributed by atoms with Crippen molar-refractivity contribution in [1.82, 2.24) is 19.8 Å². The highest BCUT2D eigenvalue weighted by Crippen LogP contribution is 2.39. The number of rotatable bonds is 0. The van der Waals surface area contributed by atoms with Gasteiger partial charge in [0, 0.05) is 32.6 Å².